The third kappa shape index (κ3) is 3.08. The van der Waals surface area contributed by atoms with Gasteiger partial charge in [-0.05, 0) is 39.2 Å². The average molecular weight is 418 g/mol. The molecule has 0 unspecified atom stereocenters. The molecule has 0 radical (unpaired) electrons. The number of hydrogen-bond donors (Lipinski definition) is 3. The van der Waals surface area contributed by atoms with Crippen LogP contribution in [0, 0.1) is 11.7 Å². The van der Waals surface area contributed by atoms with Crippen LogP contribution in [0.3, 0.4) is 0 Å². The number of methoxy groups -OCH3 is 1. The van der Waals surface area contributed by atoms with Gasteiger partial charge < -0.3 is 30.4 Å². The molecule has 9 heteroatoms. The number of nitrogens with two attached hydrogens (primary N) is 1. The highest BCUT2D eigenvalue weighted by molar-refractivity contribution is 6.03. The molecule has 2 aromatic rings. The number of carboxylic acids is 1. The van der Waals surface area contributed by atoms with E-state index in [4.69, 9.17) is 10.5 Å². The molecule has 8 nitrogen and oxygen atoms in total. The van der Waals surface area contributed by atoms with Crippen molar-refractivity contribution in [2.24, 2.45) is 5.92 Å². The minimum Gasteiger partial charge on any atom is -0.492 e. The van der Waals surface area contributed by atoms with Crippen molar-refractivity contribution >= 4 is 28.2 Å². The minimum atomic E-state index is -1.36. The number of nitrogen functional groups attached to an aromatic ring is 1. The van der Waals surface area contributed by atoms with Crippen LogP contribution in [-0.4, -0.2) is 48.9 Å². The lowest BCUT2D eigenvalue weighted by Crippen LogP contribution is -2.33. The Morgan fingerprint density at radius 2 is 2.10 bits per heavy atom. The van der Waals surface area contributed by atoms with E-state index in [2.05, 4.69) is 12.2 Å². The zero-order valence-corrected chi connectivity index (χ0v) is 17.4. The number of carboxylic acid groups (broad SMARTS) is 1. The maximum atomic E-state index is 15.5. The fraction of sp³-hybridized carbons (Fsp3) is 0.524. The number of carbonyl (C=O) groups is 1. The largest absolute Gasteiger partial charge is 0.492 e. The van der Waals surface area contributed by atoms with Crippen LogP contribution in [0.25, 0.3) is 10.9 Å². The number of hydrogen-bond acceptors (Lipinski definition) is 6. The van der Waals surface area contributed by atoms with Crippen molar-refractivity contribution in [1.29, 1.82) is 0 Å². The van der Waals surface area contributed by atoms with Gasteiger partial charge in [0.2, 0.25) is 5.43 Å². The topological polar surface area (TPSA) is 110 Å². The van der Waals surface area contributed by atoms with Gasteiger partial charge in [-0.2, -0.15) is 0 Å². The van der Waals surface area contributed by atoms with Crippen LogP contribution in [0.5, 0.6) is 5.75 Å². The second kappa shape index (κ2) is 7.46. The van der Waals surface area contributed by atoms with Gasteiger partial charge in [-0.1, -0.05) is 0 Å². The first-order valence-electron chi connectivity index (χ1n) is 10.2. The van der Waals surface area contributed by atoms with Crippen molar-refractivity contribution in [2.75, 3.05) is 37.9 Å². The molecule has 4 rings (SSSR count). The van der Waals surface area contributed by atoms with Crippen molar-refractivity contribution in [3.05, 3.63) is 27.8 Å². The van der Waals surface area contributed by atoms with E-state index in [-0.39, 0.29) is 34.6 Å². The van der Waals surface area contributed by atoms with Crippen LogP contribution in [0.2, 0.25) is 0 Å². The van der Waals surface area contributed by atoms with Gasteiger partial charge in [-0.25, -0.2) is 9.18 Å². The van der Waals surface area contributed by atoms with E-state index in [0.29, 0.717) is 24.5 Å². The van der Waals surface area contributed by atoms with Crippen molar-refractivity contribution in [2.45, 2.75) is 38.3 Å². The molecule has 1 aliphatic carbocycles. The number of halogens is 1. The van der Waals surface area contributed by atoms with Crippen LogP contribution < -0.4 is 26.1 Å². The SMILES string of the molecule is CN[C@H](C)[C@H]1CCN(c2c(F)c(N)c3c(=O)c(C(=O)O)cn(C4CC4)c3c2OC)C1. The number of nitrogens with zero attached hydrogens (tertiary/aromatic N) is 2. The molecule has 1 saturated carbocycles. The highest BCUT2D eigenvalue weighted by atomic mass is 19.1. The van der Waals surface area contributed by atoms with Gasteiger partial charge in [-0.3, -0.25) is 4.79 Å². The number of ether oxygens (including phenoxy) is 1. The van der Waals surface area contributed by atoms with Crippen LogP contribution in [0.15, 0.2) is 11.0 Å². The quantitative estimate of drug-likeness (QED) is 0.617. The summed E-state index contributed by atoms with van der Waals surface area (Å²) in [5.41, 5.74) is 5.19. The number of fused-ring (bicyclic) bond motifs is 1. The number of rotatable bonds is 6. The Balaban J connectivity index is 1.99. The lowest BCUT2D eigenvalue weighted by atomic mass is 10.0. The predicted octanol–water partition coefficient (Wildman–Crippen LogP) is 2.20. The van der Waals surface area contributed by atoms with Crippen molar-refractivity contribution < 1.29 is 19.0 Å². The summed E-state index contributed by atoms with van der Waals surface area (Å²) < 4.78 is 22.9. The third-order valence-electron chi connectivity index (χ3n) is 6.46. The molecule has 1 aliphatic heterocycles. The first kappa shape index (κ1) is 20.5. The molecule has 30 heavy (non-hydrogen) atoms. The van der Waals surface area contributed by atoms with E-state index in [1.54, 1.807) is 4.57 Å². The molecule has 2 fully saturated rings. The Labute approximate surface area is 173 Å². The van der Waals surface area contributed by atoms with Crippen LogP contribution >= 0.6 is 0 Å². The number of aromatic carboxylic acids is 1. The number of pyridine rings is 1. The zero-order chi connectivity index (χ0) is 21.7. The molecule has 2 aliphatic rings. The molecule has 0 bridgehead atoms. The number of anilines is 2. The molecule has 1 saturated heterocycles. The highest BCUT2D eigenvalue weighted by Crippen LogP contribution is 2.47. The van der Waals surface area contributed by atoms with E-state index >= 15 is 4.39 Å². The lowest BCUT2D eigenvalue weighted by Gasteiger charge is -2.26. The summed E-state index contributed by atoms with van der Waals surface area (Å²) in [6.45, 7) is 3.35. The molecular weight excluding hydrogens is 391 g/mol. The van der Waals surface area contributed by atoms with E-state index in [1.807, 2.05) is 11.9 Å². The Kier molecular flexibility index (Phi) is 5.09. The normalized spacial score (nSPS) is 20.0. The number of nitrogens with one attached hydrogen (secondary N) is 1. The maximum absolute atomic E-state index is 15.5. The van der Waals surface area contributed by atoms with Gasteiger partial charge in [-0.15, -0.1) is 0 Å². The second-order valence-corrected chi connectivity index (χ2v) is 8.22. The summed E-state index contributed by atoms with van der Waals surface area (Å²) in [6, 6.07) is 0.304. The molecule has 2 heterocycles. The maximum Gasteiger partial charge on any atom is 0.341 e. The molecule has 162 valence electrons. The molecule has 4 N–H and O–H groups in total. The second-order valence-electron chi connectivity index (χ2n) is 8.22. The molecule has 0 amide bonds. The van der Waals surface area contributed by atoms with Crippen LogP contribution in [0.1, 0.15) is 42.6 Å². The smallest absolute Gasteiger partial charge is 0.341 e. The Bertz CT molecular complexity index is 1080. The molecule has 2 atom stereocenters. The summed E-state index contributed by atoms with van der Waals surface area (Å²) in [7, 11) is 3.33. The predicted molar refractivity (Wildman–Crippen MR) is 113 cm³/mol. The monoisotopic (exact) mass is 418 g/mol. The first-order chi connectivity index (χ1) is 14.3. The van der Waals surface area contributed by atoms with Gasteiger partial charge in [0.05, 0.1) is 23.7 Å². The average Bonchev–Trinajstić information content (AvgIpc) is 3.45. The minimum absolute atomic E-state index is 0.0356. The van der Waals surface area contributed by atoms with Crippen LogP contribution in [0.4, 0.5) is 15.8 Å². The summed E-state index contributed by atoms with van der Waals surface area (Å²) in [5, 5.41) is 12.6. The number of aromatic nitrogens is 1. The van der Waals surface area contributed by atoms with Gasteiger partial charge in [0.25, 0.3) is 0 Å². The summed E-state index contributed by atoms with van der Waals surface area (Å²) in [6.07, 6.45) is 3.91. The first-order valence-corrected chi connectivity index (χ1v) is 10.2. The van der Waals surface area contributed by atoms with E-state index in [9.17, 15) is 14.7 Å². The van der Waals surface area contributed by atoms with Gasteiger partial charge in [0, 0.05) is 31.4 Å². The standard InChI is InChI=1S/C21H27FN4O4/c1-10(24-2)11-6-7-25(8-11)18-15(22)16(23)14-17(20(18)30-3)26(12-4-5-12)9-13(19(14)27)21(28)29/h9-12,24H,4-8,23H2,1-3H3,(H,28,29)/t10-,11+/m1/s1. The van der Waals surface area contributed by atoms with Gasteiger partial charge >= 0.3 is 5.97 Å². The Morgan fingerprint density at radius 3 is 2.67 bits per heavy atom. The molecule has 1 aromatic carbocycles. The van der Waals surface area contributed by atoms with Crippen molar-refractivity contribution in [1.82, 2.24) is 9.88 Å². The van der Waals surface area contributed by atoms with E-state index in [0.717, 1.165) is 19.3 Å². The molecule has 0 spiro atoms. The zero-order valence-electron chi connectivity index (χ0n) is 17.4. The Morgan fingerprint density at radius 1 is 1.40 bits per heavy atom. The van der Waals surface area contributed by atoms with Gasteiger partial charge in [0.15, 0.2) is 11.6 Å². The summed E-state index contributed by atoms with van der Waals surface area (Å²) in [4.78, 5) is 26.4. The fourth-order valence-electron chi connectivity index (χ4n) is 4.47. The van der Waals surface area contributed by atoms with E-state index < -0.39 is 22.8 Å². The molecule has 1 aromatic heterocycles. The Hall–Kier alpha value is -2.81. The third-order valence-corrected chi connectivity index (χ3v) is 6.46. The molecular formula is C21H27FN4O4. The van der Waals surface area contributed by atoms with Gasteiger partial charge in [0.1, 0.15) is 11.3 Å². The van der Waals surface area contributed by atoms with Crippen LogP contribution in [-0.2, 0) is 0 Å². The number of benzene rings is 1. The van der Waals surface area contributed by atoms with E-state index in [1.165, 1.54) is 13.3 Å². The lowest BCUT2D eigenvalue weighted by molar-refractivity contribution is 0.0695. The fourth-order valence-corrected chi connectivity index (χ4v) is 4.47. The highest BCUT2D eigenvalue weighted by Gasteiger charge is 2.35. The van der Waals surface area contributed by atoms with Crippen molar-refractivity contribution in [3.8, 4) is 5.75 Å². The summed E-state index contributed by atoms with van der Waals surface area (Å²) >= 11 is 0. The summed E-state index contributed by atoms with van der Waals surface area (Å²) in [5.74, 6) is -1.53. The van der Waals surface area contributed by atoms with Crippen molar-refractivity contribution in [3.63, 3.8) is 0 Å².